The maximum Gasteiger partial charge on any atom is 0.225 e. The van der Waals surface area contributed by atoms with Gasteiger partial charge in [0, 0.05) is 17.4 Å². The van der Waals surface area contributed by atoms with Crippen molar-refractivity contribution < 1.29 is 9.47 Å². The zero-order chi connectivity index (χ0) is 18.8. The zero-order valence-electron chi connectivity index (χ0n) is 15.4. The Balaban J connectivity index is 1.69. The van der Waals surface area contributed by atoms with Crippen molar-refractivity contribution in [3.63, 3.8) is 0 Å². The molecule has 140 valence electrons. The largest absolute Gasteiger partial charge is 0.619 e. The molecule has 2 aliphatic rings. The molecular formula is C18H20N6O2S. The monoisotopic (exact) mass is 384 g/mol. The summed E-state index contributed by atoms with van der Waals surface area (Å²) in [6.45, 7) is 6.38. The van der Waals surface area contributed by atoms with Gasteiger partial charge < -0.3 is 9.94 Å². The van der Waals surface area contributed by atoms with Gasteiger partial charge in [0.2, 0.25) is 12.0 Å². The van der Waals surface area contributed by atoms with Crippen LogP contribution in [0.15, 0.2) is 18.6 Å². The second kappa shape index (κ2) is 5.80. The highest BCUT2D eigenvalue weighted by Crippen LogP contribution is 2.45. The molecule has 2 unspecified atom stereocenters. The summed E-state index contributed by atoms with van der Waals surface area (Å²) in [5, 5.41) is 27.2. The smallest absolute Gasteiger partial charge is 0.225 e. The van der Waals surface area contributed by atoms with Crippen LogP contribution >= 0.6 is 11.3 Å². The molecule has 27 heavy (non-hydrogen) atoms. The Morgan fingerprint density at radius 2 is 2.15 bits per heavy atom. The van der Waals surface area contributed by atoms with Gasteiger partial charge in [0.15, 0.2) is 11.2 Å². The second-order valence-electron chi connectivity index (χ2n) is 8.09. The van der Waals surface area contributed by atoms with E-state index in [1.54, 1.807) is 16.0 Å². The third-order valence-electron chi connectivity index (χ3n) is 5.02. The first-order valence-corrected chi connectivity index (χ1v) is 9.88. The molecule has 9 heteroatoms. The van der Waals surface area contributed by atoms with E-state index in [0.717, 1.165) is 51.0 Å². The molecule has 8 nitrogen and oxygen atoms in total. The lowest BCUT2D eigenvalue weighted by atomic mass is 9.98. The van der Waals surface area contributed by atoms with Gasteiger partial charge in [-0.25, -0.2) is 9.67 Å². The molecule has 0 amide bonds. The van der Waals surface area contributed by atoms with Gasteiger partial charge in [-0.2, -0.15) is 9.83 Å². The molecule has 0 N–H and O–H groups in total. The van der Waals surface area contributed by atoms with Crippen LogP contribution in [0.5, 0.6) is 0 Å². The predicted octanol–water partition coefficient (Wildman–Crippen LogP) is 2.49. The molecule has 1 saturated heterocycles. The van der Waals surface area contributed by atoms with E-state index in [4.69, 9.17) is 9.84 Å². The van der Waals surface area contributed by atoms with E-state index in [0.29, 0.717) is 5.82 Å². The van der Waals surface area contributed by atoms with Crippen LogP contribution in [0.3, 0.4) is 0 Å². The predicted molar refractivity (Wildman–Crippen MR) is 98.5 cm³/mol. The number of fused-ring (bicyclic) bond motifs is 4. The van der Waals surface area contributed by atoms with E-state index >= 15 is 0 Å². The summed E-state index contributed by atoms with van der Waals surface area (Å²) < 4.78 is 8.61. The maximum atomic E-state index is 11.8. The summed E-state index contributed by atoms with van der Waals surface area (Å²) in [7, 11) is 0. The van der Waals surface area contributed by atoms with Crippen molar-refractivity contribution in [2.45, 2.75) is 57.7 Å². The topological polar surface area (TPSA) is 92.7 Å². The quantitative estimate of drug-likeness (QED) is 0.498. The summed E-state index contributed by atoms with van der Waals surface area (Å²) in [6, 6.07) is 0. The number of ether oxygens (including phenoxy) is 1. The molecule has 5 heterocycles. The lowest BCUT2D eigenvalue weighted by Crippen LogP contribution is -2.27. The second-order valence-corrected chi connectivity index (χ2v) is 9.07. The van der Waals surface area contributed by atoms with Crippen LogP contribution < -0.4 is 4.73 Å². The van der Waals surface area contributed by atoms with Gasteiger partial charge in [-0.15, -0.1) is 10.2 Å². The molecule has 2 atom stereocenters. The Morgan fingerprint density at radius 3 is 2.89 bits per heavy atom. The average molecular weight is 384 g/mol. The molecule has 0 radical (unpaired) electrons. The molecule has 3 aromatic rings. The fourth-order valence-electron chi connectivity index (χ4n) is 3.72. The van der Waals surface area contributed by atoms with E-state index in [1.807, 2.05) is 0 Å². The molecule has 0 aliphatic carbocycles. The first kappa shape index (κ1) is 16.8. The van der Waals surface area contributed by atoms with Crippen LogP contribution in [0.4, 0.5) is 0 Å². The van der Waals surface area contributed by atoms with Crippen LogP contribution in [0.2, 0.25) is 0 Å². The number of hydrogen-bond donors (Lipinski definition) is 0. The normalized spacial score (nSPS) is 21.4. The third-order valence-corrected chi connectivity index (χ3v) is 6.37. The molecule has 5 rings (SSSR count). The van der Waals surface area contributed by atoms with Gasteiger partial charge in [0.1, 0.15) is 16.8 Å². The van der Waals surface area contributed by atoms with Crippen LogP contribution in [-0.4, -0.2) is 31.1 Å². The fourth-order valence-corrected chi connectivity index (χ4v) is 4.64. The summed E-state index contributed by atoms with van der Waals surface area (Å²) in [4.78, 5) is 4.34. The van der Waals surface area contributed by atoms with Gasteiger partial charge in [0.25, 0.3) is 0 Å². The molecule has 2 aliphatic heterocycles. The number of rotatable bonds is 2. The van der Waals surface area contributed by atoms with Crippen LogP contribution in [0, 0.1) is 5.21 Å². The first-order chi connectivity index (χ1) is 12.9. The van der Waals surface area contributed by atoms with Gasteiger partial charge in [-0.3, -0.25) is 0 Å². The minimum absolute atomic E-state index is 0.0166. The Hall–Kier alpha value is -2.39. The number of hydrogen-bond acceptors (Lipinski definition) is 7. The lowest BCUT2D eigenvalue weighted by Gasteiger charge is -2.22. The Bertz CT molecular complexity index is 1020. The summed E-state index contributed by atoms with van der Waals surface area (Å²) >= 11 is 1.57. The van der Waals surface area contributed by atoms with Gasteiger partial charge in [0.05, 0.1) is 18.0 Å². The van der Waals surface area contributed by atoms with Crippen molar-refractivity contribution >= 4 is 11.3 Å². The Kier molecular flexibility index (Phi) is 3.60. The molecule has 1 fully saturated rings. The molecule has 0 saturated carbocycles. The molecular weight excluding hydrogens is 364 g/mol. The summed E-state index contributed by atoms with van der Waals surface area (Å²) in [5.41, 5.74) is 2.91. The van der Waals surface area contributed by atoms with Crippen molar-refractivity contribution in [1.29, 1.82) is 0 Å². The number of aromatic nitrogens is 6. The highest BCUT2D eigenvalue weighted by molar-refractivity contribution is 7.14. The van der Waals surface area contributed by atoms with Crippen LogP contribution in [-0.2, 0) is 16.6 Å². The lowest BCUT2D eigenvalue weighted by molar-refractivity contribution is -0.605. The SMILES string of the molecule is CC(C)(C)c1nnc(-c2nn(-c3c[n+]([O-])ccn3)c3c2CC2CCC3O2)s1. The Morgan fingerprint density at radius 1 is 1.30 bits per heavy atom. The van der Waals surface area contributed by atoms with E-state index < -0.39 is 0 Å². The van der Waals surface area contributed by atoms with Crippen molar-refractivity contribution in [3.8, 4) is 16.5 Å². The van der Waals surface area contributed by atoms with E-state index in [2.05, 4.69) is 36.0 Å². The number of nitrogens with zero attached hydrogens (tertiary/aromatic N) is 6. The standard InChI is InChI=1S/C18H20N6O2S/c1-18(2,3)17-21-20-16(27-17)14-11-8-10-4-5-12(26-10)15(11)24(22-14)13-9-23(25)7-6-19-13/h6-7,9-10,12H,4-5,8H2,1-3H3. The van der Waals surface area contributed by atoms with Gasteiger partial charge >= 0.3 is 0 Å². The zero-order valence-corrected chi connectivity index (χ0v) is 16.2. The molecule has 3 aromatic heterocycles. The first-order valence-electron chi connectivity index (χ1n) is 9.07. The minimum Gasteiger partial charge on any atom is -0.619 e. The molecule has 0 spiro atoms. The van der Waals surface area contributed by atoms with Crippen molar-refractivity contribution in [2.75, 3.05) is 0 Å². The molecule has 0 aromatic carbocycles. The highest BCUT2D eigenvalue weighted by atomic mass is 32.1. The fraction of sp³-hybridized carbons (Fsp3) is 0.500. The van der Waals surface area contributed by atoms with Crippen molar-refractivity contribution in [1.82, 2.24) is 25.0 Å². The van der Waals surface area contributed by atoms with E-state index in [-0.39, 0.29) is 17.6 Å². The molecule has 2 bridgehead atoms. The highest BCUT2D eigenvalue weighted by Gasteiger charge is 2.40. The van der Waals surface area contributed by atoms with Gasteiger partial charge in [-0.05, 0) is 12.8 Å². The minimum atomic E-state index is -0.0598. The summed E-state index contributed by atoms with van der Waals surface area (Å²) in [5.74, 6) is 0.490. The summed E-state index contributed by atoms with van der Waals surface area (Å²) in [6.07, 6.45) is 7.28. The maximum absolute atomic E-state index is 11.8. The third kappa shape index (κ3) is 2.72. The Labute approximate surface area is 160 Å². The van der Waals surface area contributed by atoms with Crippen molar-refractivity contribution in [3.05, 3.63) is 40.1 Å². The van der Waals surface area contributed by atoms with Gasteiger partial charge in [-0.1, -0.05) is 32.1 Å². The van der Waals surface area contributed by atoms with Crippen molar-refractivity contribution in [2.24, 2.45) is 0 Å². The van der Waals surface area contributed by atoms with E-state index in [1.165, 1.54) is 18.6 Å². The van der Waals surface area contributed by atoms with Crippen LogP contribution in [0.25, 0.3) is 16.5 Å². The van der Waals surface area contributed by atoms with Crippen LogP contribution in [0.1, 0.15) is 56.0 Å². The van der Waals surface area contributed by atoms with E-state index in [9.17, 15) is 5.21 Å². The average Bonchev–Trinajstić information content (AvgIpc) is 3.32.